The SMILES string of the molecule is Cc1ccc(C)c(CSc2nccc(=O)[nH]2)c1. The van der Waals surface area contributed by atoms with E-state index < -0.39 is 0 Å². The molecule has 1 aromatic carbocycles. The Balaban J connectivity index is 2.12. The molecule has 0 bridgehead atoms. The number of aromatic amines is 1. The van der Waals surface area contributed by atoms with Crippen molar-refractivity contribution in [1.29, 1.82) is 0 Å². The van der Waals surface area contributed by atoms with Gasteiger partial charge in [0, 0.05) is 18.0 Å². The first-order valence-corrected chi connectivity index (χ1v) is 6.38. The van der Waals surface area contributed by atoms with Crippen molar-refractivity contribution in [3.63, 3.8) is 0 Å². The summed E-state index contributed by atoms with van der Waals surface area (Å²) in [5.41, 5.74) is 3.69. The number of nitrogens with one attached hydrogen (secondary N) is 1. The van der Waals surface area contributed by atoms with Gasteiger partial charge in [-0.1, -0.05) is 35.5 Å². The molecule has 0 fully saturated rings. The lowest BCUT2D eigenvalue weighted by molar-refractivity contribution is 0.936. The highest BCUT2D eigenvalue weighted by Gasteiger charge is 2.01. The zero-order valence-corrected chi connectivity index (χ0v) is 10.7. The molecular weight excluding hydrogens is 232 g/mol. The molecule has 0 radical (unpaired) electrons. The summed E-state index contributed by atoms with van der Waals surface area (Å²) < 4.78 is 0. The van der Waals surface area contributed by atoms with E-state index in [0.717, 1.165) is 5.75 Å². The lowest BCUT2D eigenvalue weighted by Gasteiger charge is -2.06. The molecule has 2 rings (SSSR count). The van der Waals surface area contributed by atoms with Crippen LogP contribution in [0.1, 0.15) is 16.7 Å². The molecule has 88 valence electrons. The molecule has 0 saturated heterocycles. The van der Waals surface area contributed by atoms with Gasteiger partial charge in [-0.2, -0.15) is 0 Å². The standard InChI is InChI=1S/C13H14N2OS/c1-9-3-4-10(2)11(7-9)8-17-13-14-6-5-12(16)15-13/h3-7H,8H2,1-2H3,(H,14,15,16). The fourth-order valence-electron chi connectivity index (χ4n) is 1.53. The van der Waals surface area contributed by atoms with Crippen LogP contribution in [0.15, 0.2) is 40.4 Å². The number of benzene rings is 1. The van der Waals surface area contributed by atoms with Crippen LogP contribution in [0.3, 0.4) is 0 Å². The van der Waals surface area contributed by atoms with Crippen LogP contribution < -0.4 is 5.56 Å². The smallest absolute Gasteiger partial charge is 0.251 e. The second-order valence-corrected chi connectivity index (χ2v) is 4.92. The predicted molar refractivity (Wildman–Crippen MR) is 70.3 cm³/mol. The average Bonchev–Trinajstić information content (AvgIpc) is 2.30. The fourth-order valence-corrected chi connectivity index (χ4v) is 2.44. The molecular formula is C13H14N2OS. The molecule has 1 heterocycles. The van der Waals surface area contributed by atoms with Crippen LogP contribution >= 0.6 is 11.8 Å². The number of nitrogens with zero attached hydrogens (tertiary/aromatic N) is 1. The Morgan fingerprint density at radius 2 is 2.12 bits per heavy atom. The highest BCUT2D eigenvalue weighted by Crippen LogP contribution is 2.21. The van der Waals surface area contributed by atoms with Crippen molar-refractivity contribution in [3.05, 3.63) is 57.5 Å². The van der Waals surface area contributed by atoms with Crippen LogP contribution in [-0.4, -0.2) is 9.97 Å². The third kappa shape index (κ3) is 3.20. The van der Waals surface area contributed by atoms with E-state index in [-0.39, 0.29) is 5.56 Å². The molecule has 2 aromatic rings. The monoisotopic (exact) mass is 246 g/mol. The van der Waals surface area contributed by atoms with Crippen molar-refractivity contribution in [2.45, 2.75) is 24.8 Å². The zero-order valence-electron chi connectivity index (χ0n) is 9.86. The summed E-state index contributed by atoms with van der Waals surface area (Å²) in [6, 6.07) is 7.81. The Morgan fingerprint density at radius 1 is 1.29 bits per heavy atom. The first-order chi connectivity index (χ1) is 8.15. The van der Waals surface area contributed by atoms with Crippen LogP contribution in [0.2, 0.25) is 0 Å². The maximum Gasteiger partial charge on any atom is 0.251 e. The molecule has 17 heavy (non-hydrogen) atoms. The van der Waals surface area contributed by atoms with Gasteiger partial charge in [-0.05, 0) is 25.0 Å². The molecule has 0 spiro atoms. The van der Waals surface area contributed by atoms with Crippen LogP contribution in [-0.2, 0) is 5.75 Å². The molecule has 0 aliphatic carbocycles. The summed E-state index contributed by atoms with van der Waals surface area (Å²) in [7, 11) is 0. The van der Waals surface area contributed by atoms with Crippen molar-refractivity contribution in [2.75, 3.05) is 0 Å². The summed E-state index contributed by atoms with van der Waals surface area (Å²) >= 11 is 1.54. The van der Waals surface area contributed by atoms with Gasteiger partial charge >= 0.3 is 0 Å². The summed E-state index contributed by atoms with van der Waals surface area (Å²) in [6.07, 6.45) is 1.53. The lowest BCUT2D eigenvalue weighted by Crippen LogP contribution is -2.05. The van der Waals surface area contributed by atoms with E-state index in [4.69, 9.17) is 0 Å². The Kier molecular flexibility index (Phi) is 3.64. The number of thioether (sulfide) groups is 1. The Bertz CT molecular complexity index is 578. The minimum atomic E-state index is -0.108. The van der Waals surface area contributed by atoms with Gasteiger partial charge in [0.1, 0.15) is 0 Å². The van der Waals surface area contributed by atoms with E-state index in [1.54, 1.807) is 11.8 Å². The van der Waals surface area contributed by atoms with Gasteiger partial charge in [0.05, 0.1) is 0 Å². The van der Waals surface area contributed by atoms with Crippen molar-refractivity contribution < 1.29 is 0 Å². The number of H-pyrrole nitrogens is 1. The van der Waals surface area contributed by atoms with Crippen molar-refractivity contribution in [1.82, 2.24) is 9.97 Å². The fraction of sp³-hybridized carbons (Fsp3) is 0.231. The van der Waals surface area contributed by atoms with E-state index in [1.807, 2.05) is 0 Å². The molecule has 1 N–H and O–H groups in total. The Labute approximate surface area is 104 Å². The Hall–Kier alpha value is -1.55. The minimum absolute atomic E-state index is 0.108. The van der Waals surface area contributed by atoms with E-state index in [0.29, 0.717) is 5.16 Å². The third-order valence-corrected chi connectivity index (χ3v) is 3.45. The van der Waals surface area contributed by atoms with Gasteiger partial charge in [0.15, 0.2) is 5.16 Å². The van der Waals surface area contributed by atoms with Crippen molar-refractivity contribution >= 4 is 11.8 Å². The van der Waals surface area contributed by atoms with Gasteiger partial charge in [-0.3, -0.25) is 4.79 Å². The molecule has 0 amide bonds. The largest absolute Gasteiger partial charge is 0.301 e. The highest BCUT2D eigenvalue weighted by atomic mass is 32.2. The van der Waals surface area contributed by atoms with Crippen LogP contribution in [0.25, 0.3) is 0 Å². The molecule has 0 unspecified atom stereocenters. The third-order valence-electron chi connectivity index (χ3n) is 2.52. The first kappa shape index (κ1) is 11.9. The maximum atomic E-state index is 11.1. The maximum absolute atomic E-state index is 11.1. The summed E-state index contributed by atoms with van der Waals surface area (Å²) in [5, 5.41) is 0.665. The van der Waals surface area contributed by atoms with Gasteiger partial charge in [0.25, 0.3) is 5.56 Å². The topological polar surface area (TPSA) is 45.8 Å². The van der Waals surface area contributed by atoms with Gasteiger partial charge in [-0.15, -0.1) is 0 Å². The molecule has 0 aliphatic rings. The lowest BCUT2D eigenvalue weighted by atomic mass is 10.1. The summed E-state index contributed by atoms with van der Waals surface area (Å²) in [4.78, 5) is 17.9. The number of aromatic nitrogens is 2. The molecule has 0 atom stereocenters. The number of aryl methyl sites for hydroxylation is 2. The van der Waals surface area contributed by atoms with Crippen molar-refractivity contribution in [2.24, 2.45) is 0 Å². The number of hydrogen-bond donors (Lipinski definition) is 1. The van der Waals surface area contributed by atoms with Crippen LogP contribution in [0, 0.1) is 13.8 Å². The quantitative estimate of drug-likeness (QED) is 0.669. The van der Waals surface area contributed by atoms with E-state index in [1.165, 1.54) is 29.0 Å². The molecule has 0 saturated carbocycles. The number of hydrogen-bond acceptors (Lipinski definition) is 3. The Morgan fingerprint density at radius 3 is 2.88 bits per heavy atom. The minimum Gasteiger partial charge on any atom is -0.301 e. The second kappa shape index (κ2) is 5.19. The van der Waals surface area contributed by atoms with Crippen LogP contribution in [0.4, 0.5) is 0 Å². The zero-order chi connectivity index (χ0) is 12.3. The van der Waals surface area contributed by atoms with E-state index in [2.05, 4.69) is 42.0 Å². The van der Waals surface area contributed by atoms with Crippen molar-refractivity contribution in [3.8, 4) is 0 Å². The average molecular weight is 246 g/mol. The predicted octanol–water partition coefficient (Wildman–Crippen LogP) is 2.68. The van der Waals surface area contributed by atoms with E-state index in [9.17, 15) is 4.79 Å². The molecule has 4 heteroatoms. The van der Waals surface area contributed by atoms with Gasteiger partial charge in [0.2, 0.25) is 0 Å². The molecule has 1 aromatic heterocycles. The van der Waals surface area contributed by atoms with E-state index >= 15 is 0 Å². The van der Waals surface area contributed by atoms with Gasteiger partial charge in [-0.25, -0.2) is 4.98 Å². The highest BCUT2D eigenvalue weighted by molar-refractivity contribution is 7.98. The molecule has 0 aliphatic heterocycles. The molecule has 3 nitrogen and oxygen atoms in total. The number of rotatable bonds is 3. The summed E-state index contributed by atoms with van der Waals surface area (Å²) in [6.45, 7) is 4.17. The summed E-state index contributed by atoms with van der Waals surface area (Å²) in [5.74, 6) is 0.820. The normalized spacial score (nSPS) is 10.5. The van der Waals surface area contributed by atoms with Crippen LogP contribution in [0.5, 0.6) is 0 Å². The second-order valence-electron chi connectivity index (χ2n) is 3.96. The van der Waals surface area contributed by atoms with Gasteiger partial charge < -0.3 is 4.98 Å². The first-order valence-electron chi connectivity index (χ1n) is 5.39.